The fourth-order valence-corrected chi connectivity index (χ4v) is 1.07. The van der Waals surface area contributed by atoms with E-state index < -0.39 is 17.9 Å². The Morgan fingerprint density at radius 3 is 2.33 bits per heavy atom. The highest BCUT2D eigenvalue weighted by Crippen LogP contribution is 2.05. The Labute approximate surface area is 93.6 Å². The number of carboxylic acids is 1. The molecule has 0 aliphatic rings. The molecule has 1 unspecified atom stereocenters. The molecule has 0 fully saturated rings. The van der Waals surface area contributed by atoms with Crippen LogP contribution in [-0.4, -0.2) is 28.7 Å². The molecule has 0 rings (SSSR count). The molecule has 0 aromatic carbocycles. The van der Waals surface area contributed by atoms with E-state index in [0.29, 0.717) is 6.42 Å². The monoisotopic (exact) mass is 234 g/mol. The van der Waals surface area contributed by atoms with Crippen LogP contribution in [0, 0.1) is 5.92 Å². The zero-order valence-electron chi connectivity index (χ0n) is 8.95. The Morgan fingerprint density at radius 2 is 2.00 bits per heavy atom. The third-order valence-corrected chi connectivity index (χ3v) is 2.02. The Kier molecular flexibility index (Phi) is 5.93. The van der Waals surface area contributed by atoms with Gasteiger partial charge in [-0.2, -0.15) is 4.51 Å². The summed E-state index contributed by atoms with van der Waals surface area (Å²) in [6.07, 6.45) is 0.372. The first-order valence-corrected chi connectivity index (χ1v) is 4.91. The molecular formula is C9H15ClN2O3. The molecular weight excluding hydrogens is 220 g/mol. The molecule has 0 bridgehead atoms. The minimum absolute atomic E-state index is 0.0478. The summed E-state index contributed by atoms with van der Waals surface area (Å²) in [5.74, 6) is -1.43. The molecule has 86 valence electrons. The van der Waals surface area contributed by atoms with Crippen molar-refractivity contribution in [1.82, 2.24) is 5.32 Å². The molecule has 0 aliphatic carbocycles. The number of carbonyl (C=O) groups is 2. The third kappa shape index (κ3) is 5.37. The second kappa shape index (κ2) is 6.40. The maximum Gasteiger partial charge on any atom is 0.326 e. The van der Waals surface area contributed by atoms with Crippen molar-refractivity contribution in [3.05, 3.63) is 0 Å². The Hall–Kier alpha value is -1.10. The molecule has 0 aromatic heterocycles. The van der Waals surface area contributed by atoms with E-state index in [2.05, 4.69) is 9.83 Å². The smallest absolute Gasteiger partial charge is 0.326 e. The van der Waals surface area contributed by atoms with Crippen molar-refractivity contribution in [1.29, 1.82) is 0 Å². The van der Waals surface area contributed by atoms with Gasteiger partial charge in [-0.1, -0.05) is 13.8 Å². The maximum atomic E-state index is 11.3. The molecule has 0 spiro atoms. The van der Waals surface area contributed by atoms with Gasteiger partial charge in [0.15, 0.2) is 0 Å². The molecule has 1 atom stereocenters. The number of carboxylic acid groups (broad SMARTS) is 1. The maximum absolute atomic E-state index is 11.3. The van der Waals surface area contributed by atoms with Crippen LogP contribution in [-0.2, 0) is 9.59 Å². The topological polar surface area (TPSA) is 78.8 Å². The predicted molar refractivity (Wildman–Crippen MR) is 58.0 cm³/mol. The van der Waals surface area contributed by atoms with Gasteiger partial charge in [0.2, 0.25) is 0 Å². The lowest BCUT2D eigenvalue weighted by molar-refractivity contribution is -0.141. The van der Waals surface area contributed by atoms with E-state index in [9.17, 15) is 9.59 Å². The molecule has 15 heavy (non-hydrogen) atoms. The fourth-order valence-electron chi connectivity index (χ4n) is 0.994. The summed E-state index contributed by atoms with van der Waals surface area (Å²) in [7, 11) is 0. The number of nitrogens with zero attached hydrogens (tertiary/aromatic N) is 1. The summed E-state index contributed by atoms with van der Waals surface area (Å²) in [5.41, 5.74) is 0.0478. The number of amides is 1. The van der Waals surface area contributed by atoms with Gasteiger partial charge in [0, 0.05) is 11.8 Å². The van der Waals surface area contributed by atoms with Gasteiger partial charge in [0.05, 0.1) is 0 Å². The lowest BCUT2D eigenvalue weighted by atomic mass is 10.0. The normalized spacial score (nSPS) is 13.8. The standard InChI is InChI=1S/C9H15ClN2O3/c1-5(2)4-7(9(14)15)11-8(13)6(3)12-10/h5,7H,4H2,1-3H3,(H,11,13)(H,14,15). The van der Waals surface area contributed by atoms with Crippen LogP contribution in [0.4, 0.5) is 0 Å². The number of rotatable bonds is 5. The Balaban J connectivity index is 4.42. The van der Waals surface area contributed by atoms with Crippen LogP contribution >= 0.6 is 11.8 Å². The van der Waals surface area contributed by atoms with E-state index in [1.54, 1.807) is 0 Å². The highest BCUT2D eigenvalue weighted by molar-refractivity contribution is 6.42. The van der Waals surface area contributed by atoms with Crippen molar-refractivity contribution < 1.29 is 14.7 Å². The van der Waals surface area contributed by atoms with Gasteiger partial charge >= 0.3 is 5.97 Å². The van der Waals surface area contributed by atoms with Crippen LogP contribution < -0.4 is 5.32 Å². The van der Waals surface area contributed by atoms with E-state index in [-0.39, 0.29) is 11.6 Å². The van der Waals surface area contributed by atoms with Crippen LogP contribution in [0.1, 0.15) is 27.2 Å². The van der Waals surface area contributed by atoms with Gasteiger partial charge in [-0.3, -0.25) is 4.79 Å². The van der Waals surface area contributed by atoms with Crippen LogP contribution in [0.5, 0.6) is 0 Å². The van der Waals surface area contributed by atoms with Gasteiger partial charge in [0.1, 0.15) is 11.8 Å². The van der Waals surface area contributed by atoms with Crippen molar-refractivity contribution in [2.24, 2.45) is 10.4 Å². The molecule has 5 nitrogen and oxygen atoms in total. The predicted octanol–water partition coefficient (Wildman–Crippen LogP) is 1.22. The van der Waals surface area contributed by atoms with E-state index in [1.807, 2.05) is 13.8 Å². The van der Waals surface area contributed by atoms with Crippen LogP contribution in [0.3, 0.4) is 0 Å². The average molecular weight is 235 g/mol. The number of hydrogen-bond acceptors (Lipinski definition) is 3. The average Bonchev–Trinajstić information content (AvgIpc) is 2.14. The van der Waals surface area contributed by atoms with Gasteiger partial charge < -0.3 is 10.4 Å². The minimum atomic E-state index is -1.06. The summed E-state index contributed by atoms with van der Waals surface area (Å²) in [6.45, 7) is 5.17. The molecule has 0 aromatic rings. The van der Waals surface area contributed by atoms with Crippen molar-refractivity contribution in [3.63, 3.8) is 0 Å². The van der Waals surface area contributed by atoms with Gasteiger partial charge in [0.25, 0.3) is 5.91 Å². The van der Waals surface area contributed by atoms with Gasteiger partial charge in [-0.25, -0.2) is 4.79 Å². The summed E-state index contributed by atoms with van der Waals surface area (Å²) in [6, 6.07) is -0.897. The first-order valence-electron chi connectivity index (χ1n) is 4.57. The molecule has 0 radical (unpaired) electrons. The minimum Gasteiger partial charge on any atom is -0.480 e. The van der Waals surface area contributed by atoms with Crippen molar-refractivity contribution in [2.45, 2.75) is 33.2 Å². The second-order valence-electron chi connectivity index (χ2n) is 3.66. The first-order chi connectivity index (χ1) is 6.88. The molecule has 6 heteroatoms. The lowest BCUT2D eigenvalue weighted by Gasteiger charge is -2.15. The highest BCUT2D eigenvalue weighted by Gasteiger charge is 2.21. The third-order valence-electron chi connectivity index (χ3n) is 1.77. The van der Waals surface area contributed by atoms with E-state index in [0.717, 1.165) is 0 Å². The first kappa shape index (κ1) is 13.9. The van der Waals surface area contributed by atoms with Crippen molar-refractivity contribution in [3.8, 4) is 0 Å². The van der Waals surface area contributed by atoms with Crippen LogP contribution in [0.15, 0.2) is 4.51 Å². The highest BCUT2D eigenvalue weighted by atomic mass is 35.5. The largest absolute Gasteiger partial charge is 0.480 e. The van der Waals surface area contributed by atoms with Gasteiger partial charge in [-0.05, 0) is 19.3 Å². The van der Waals surface area contributed by atoms with Crippen molar-refractivity contribution in [2.75, 3.05) is 0 Å². The van der Waals surface area contributed by atoms with Crippen LogP contribution in [0.2, 0.25) is 0 Å². The van der Waals surface area contributed by atoms with Crippen LogP contribution in [0.25, 0.3) is 0 Å². The SMILES string of the molecule is CC(=NCl)C(=O)NC(CC(C)C)C(=O)O. The number of hydrogen-bond donors (Lipinski definition) is 2. The number of aliphatic carboxylic acids is 1. The Bertz CT molecular complexity index is 277. The summed E-state index contributed by atoms with van der Waals surface area (Å²) in [4.78, 5) is 22.1. The number of halogens is 1. The van der Waals surface area contributed by atoms with Crippen molar-refractivity contribution >= 4 is 29.4 Å². The molecule has 2 N–H and O–H groups in total. The molecule has 0 saturated carbocycles. The summed E-state index contributed by atoms with van der Waals surface area (Å²) in [5, 5.41) is 11.2. The summed E-state index contributed by atoms with van der Waals surface area (Å²) < 4.78 is 3.16. The number of carbonyl (C=O) groups excluding carboxylic acids is 1. The Morgan fingerprint density at radius 1 is 1.47 bits per heavy atom. The lowest BCUT2D eigenvalue weighted by Crippen LogP contribution is -2.44. The fraction of sp³-hybridized carbons (Fsp3) is 0.667. The quantitative estimate of drug-likeness (QED) is 0.702. The molecule has 0 saturated heterocycles. The van der Waals surface area contributed by atoms with E-state index in [1.165, 1.54) is 6.92 Å². The molecule has 0 aliphatic heterocycles. The zero-order valence-corrected chi connectivity index (χ0v) is 9.71. The summed E-state index contributed by atoms with van der Waals surface area (Å²) >= 11 is 5.10. The second-order valence-corrected chi connectivity index (χ2v) is 3.83. The molecule has 1 amide bonds. The van der Waals surface area contributed by atoms with Gasteiger partial charge in [-0.15, -0.1) is 0 Å². The molecule has 0 heterocycles. The van der Waals surface area contributed by atoms with E-state index in [4.69, 9.17) is 16.9 Å². The van der Waals surface area contributed by atoms with E-state index >= 15 is 0 Å². The number of nitrogens with one attached hydrogen (secondary N) is 1. The zero-order chi connectivity index (χ0) is 12.0.